The summed E-state index contributed by atoms with van der Waals surface area (Å²) >= 11 is 0. The fraction of sp³-hybridized carbons (Fsp3) is 0.818. The van der Waals surface area contributed by atoms with E-state index in [2.05, 4.69) is 13.0 Å². The zero-order valence-electron chi connectivity index (χ0n) is 9.25. The first kappa shape index (κ1) is 11.7. The number of allylic oxidation sites excluding steroid dienone is 2. The Bertz CT molecular complexity index is 203. The zero-order chi connectivity index (χ0) is 10.6. The van der Waals surface area contributed by atoms with Crippen LogP contribution in [0.5, 0.6) is 0 Å². The van der Waals surface area contributed by atoms with E-state index < -0.39 is 5.60 Å². The summed E-state index contributed by atoms with van der Waals surface area (Å²) in [5.41, 5.74) is 0.519. The van der Waals surface area contributed by atoms with Crippen LogP contribution in [-0.4, -0.2) is 30.2 Å². The first-order chi connectivity index (χ1) is 6.56. The van der Waals surface area contributed by atoms with Crippen LogP contribution >= 0.6 is 0 Å². The van der Waals surface area contributed by atoms with Crippen LogP contribution in [0.2, 0.25) is 0 Å². The summed E-state index contributed by atoms with van der Waals surface area (Å²) in [6, 6.07) is 0. The molecule has 1 aliphatic rings. The molecule has 1 saturated heterocycles. The van der Waals surface area contributed by atoms with Crippen molar-refractivity contribution in [3.63, 3.8) is 0 Å². The third-order valence-electron chi connectivity index (χ3n) is 2.83. The van der Waals surface area contributed by atoms with E-state index in [0.717, 1.165) is 12.8 Å². The minimum absolute atomic E-state index is 0.174. The molecular weight excluding hydrogens is 180 g/mol. The van der Waals surface area contributed by atoms with Crippen LogP contribution < -0.4 is 0 Å². The normalized spacial score (nSPS) is 27.7. The Balaban J connectivity index is 2.40. The van der Waals surface area contributed by atoms with Gasteiger partial charge in [0.05, 0.1) is 12.2 Å². The quantitative estimate of drug-likeness (QED) is 0.704. The average molecular weight is 200 g/mol. The molecule has 1 N–H and O–H groups in total. The minimum atomic E-state index is -0.777. The van der Waals surface area contributed by atoms with Crippen molar-refractivity contribution in [1.29, 1.82) is 0 Å². The van der Waals surface area contributed by atoms with Gasteiger partial charge in [0.15, 0.2) is 0 Å². The number of hydrogen-bond donors (Lipinski definition) is 1. The second kappa shape index (κ2) is 4.91. The summed E-state index contributed by atoms with van der Waals surface area (Å²) in [6.07, 6.45) is 3.52. The molecular formula is C11H20O3. The van der Waals surface area contributed by atoms with Crippen LogP contribution in [0.3, 0.4) is 0 Å². The Hall–Kier alpha value is -0.380. The van der Waals surface area contributed by atoms with Gasteiger partial charge in [-0.1, -0.05) is 11.6 Å². The summed E-state index contributed by atoms with van der Waals surface area (Å²) < 4.78 is 10.4. The van der Waals surface area contributed by atoms with E-state index in [1.807, 2.05) is 13.8 Å². The minimum Gasteiger partial charge on any atom is -0.387 e. The summed E-state index contributed by atoms with van der Waals surface area (Å²) in [4.78, 5) is 0. The van der Waals surface area contributed by atoms with Gasteiger partial charge in [0.1, 0.15) is 12.9 Å². The maximum atomic E-state index is 10.1. The molecule has 3 nitrogen and oxygen atoms in total. The highest BCUT2D eigenvalue weighted by molar-refractivity contribution is 4.98. The zero-order valence-corrected chi connectivity index (χ0v) is 9.25. The lowest BCUT2D eigenvalue weighted by atomic mass is 9.92. The Morgan fingerprint density at radius 3 is 2.86 bits per heavy atom. The second-order valence-corrected chi connectivity index (χ2v) is 4.14. The van der Waals surface area contributed by atoms with Crippen LogP contribution in [0.15, 0.2) is 11.6 Å². The molecule has 0 saturated carbocycles. The molecule has 1 heterocycles. The Morgan fingerprint density at radius 1 is 1.64 bits per heavy atom. The Kier molecular flexibility index (Phi) is 4.11. The van der Waals surface area contributed by atoms with Crippen molar-refractivity contribution in [2.24, 2.45) is 0 Å². The Labute approximate surface area is 85.7 Å². The molecule has 1 fully saturated rings. The Morgan fingerprint density at radius 2 is 2.36 bits per heavy atom. The smallest absolute Gasteiger partial charge is 0.147 e. The van der Waals surface area contributed by atoms with E-state index in [0.29, 0.717) is 13.4 Å². The van der Waals surface area contributed by atoms with E-state index >= 15 is 0 Å². The van der Waals surface area contributed by atoms with E-state index in [-0.39, 0.29) is 6.10 Å². The highest BCUT2D eigenvalue weighted by atomic mass is 16.7. The highest BCUT2D eigenvalue weighted by Gasteiger charge is 2.35. The molecule has 82 valence electrons. The molecule has 0 aromatic carbocycles. The third-order valence-corrected chi connectivity index (χ3v) is 2.83. The summed E-state index contributed by atoms with van der Waals surface area (Å²) in [7, 11) is 0. The van der Waals surface area contributed by atoms with Gasteiger partial charge in [-0.15, -0.1) is 0 Å². The highest BCUT2D eigenvalue weighted by Crippen LogP contribution is 2.24. The summed E-state index contributed by atoms with van der Waals surface area (Å²) in [5, 5.41) is 10.1. The van der Waals surface area contributed by atoms with Crippen molar-refractivity contribution in [3.8, 4) is 0 Å². The maximum absolute atomic E-state index is 10.1. The van der Waals surface area contributed by atoms with Crippen molar-refractivity contribution in [1.82, 2.24) is 0 Å². The number of aliphatic hydroxyl groups is 1. The van der Waals surface area contributed by atoms with Crippen LogP contribution in [-0.2, 0) is 9.47 Å². The predicted molar refractivity (Wildman–Crippen MR) is 55.0 cm³/mol. The van der Waals surface area contributed by atoms with Crippen molar-refractivity contribution in [2.45, 2.75) is 45.3 Å². The fourth-order valence-corrected chi connectivity index (χ4v) is 1.45. The number of rotatable bonds is 4. The molecule has 0 bridgehead atoms. The lowest BCUT2D eigenvalue weighted by Gasteiger charge is -2.28. The molecule has 3 heteroatoms. The SMILES string of the molecule is C/C=C(\C)CC[C@](C)(O)[C@H]1COCO1. The van der Waals surface area contributed by atoms with Crippen LogP contribution in [0, 0.1) is 0 Å². The van der Waals surface area contributed by atoms with Gasteiger partial charge in [-0.3, -0.25) is 0 Å². The van der Waals surface area contributed by atoms with Crippen LogP contribution in [0.4, 0.5) is 0 Å². The molecule has 0 spiro atoms. The molecule has 0 aliphatic carbocycles. The largest absolute Gasteiger partial charge is 0.387 e. The second-order valence-electron chi connectivity index (χ2n) is 4.14. The van der Waals surface area contributed by atoms with E-state index in [4.69, 9.17) is 9.47 Å². The molecule has 0 unspecified atom stereocenters. The molecule has 0 radical (unpaired) electrons. The molecule has 0 aromatic heterocycles. The average Bonchev–Trinajstić information content (AvgIpc) is 2.67. The van der Waals surface area contributed by atoms with E-state index in [1.165, 1.54) is 5.57 Å². The van der Waals surface area contributed by atoms with E-state index in [9.17, 15) is 5.11 Å². The first-order valence-corrected chi connectivity index (χ1v) is 5.10. The predicted octanol–water partition coefficient (Wildman–Crippen LogP) is 1.86. The molecule has 14 heavy (non-hydrogen) atoms. The van der Waals surface area contributed by atoms with Gasteiger partial charge in [0.25, 0.3) is 0 Å². The molecule has 1 aliphatic heterocycles. The van der Waals surface area contributed by atoms with Gasteiger partial charge in [-0.25, -0.2) is 0 Å². The van der Waals surface area contributed by atoms with Crippen molar-refractivity contribution in [3.05, 3.63) is 11.6 Å². The van der Waals surface area contributed by atoms with E-state index in [1.54, 1.807) is 0 Å². The van der Waals surface area contributed by atoms with Crippen molar-refractivity contribution in [2.75, 3.05) is 13.4 Å². The third kappa shape index (κ3) is 3.08. The topological polar surface area (TPSA) is 38.7 Å². The first-order valence-electron chi connectivity index (χ1n) is 5.10. The standard InChI is InChI=1S/C11H20O3/c1-4-9(2)5-6-11(3,12)10-7-13-8-14-10/h4,10,12H,5-8H2,1-3H3/b9-4+/t10-,11+/m1/s1. The maximum Gasteiger partial charge on any atom is 0.147 e. The van der Waals surface area contributed by atoms with Crippen LogP contribution in [0.1, 0.15) is 33.6 Å². The van der Waals surface area contributed by atoms with Gasteiger partial charge < -0.3 is 14.6 Å². The van der Waals surface area contributed by atoms with Gasteiger partial charge in [-0.2, -0.15) is 0 Å². The lowest BCUT2D eigenvalue weighted by Crippen LogP contribution is -2.40. The summed E-state index contributed by atoms with van der Waals surface area (Å²) in [5.74, 6) is 0. The summed E-state index contributed by atoms with van der Waals surface area (Å²) in [6.45, 7) is 6.71. The van der Waals surface area contributed by atoms with Gasteiger partial charge in [-0.05, 0) is 33.6 Å². The van der Waals surface area contributed by atoms with Crippen LogP contribution in [0.25, 0.3) is 0 Å². The molecule has 1 rings (SSSR count). The van der Waals surface area contributed by atoms with Gasteiger partial charge >= 0.3 is 0 Å². The van der Waals surface area contributed by atoms with Gasteiger partial charge in [0.2, 0.25) is 0 Å². The fourth-order valence-electron chi connectivity index (χ4n) is 1.45. The molecule has 0 aromatic rings. The molecule has 0 amide bonds. The molecule has 2 atom stereocenters. The van der Waals surface area contributed by atoms with Crippen molar-refractivity contribution < 1.29 is 14.6 Å². The van der Waals surface area contributed by atoms with Gasteiger partial charge in [0, 0.05) is 0 Å². The monoisotopic (exact) mass is 200 g/mol. The number of hydrogen-bond acceptors (Lipinski definition) is 3. The number of ether oxygens (including phenoxy) is 2. The lowest BCUT2D eigenvalue weighted by molar-refractivity contribution is -0.0751. The van der Waals surface area contributed by atoms with Crippen molar-refractivity contribution >= 4 is 0 Å².